The van der Waals surface area contributed by atoms with Gasteiger partial charge in [-0.05, 0) is 38.4 Å². The van der Waals surface area contributed by atoms with E-state index in [0.29, 0.717) is 5.13 Å². The molecule has 1 amide bonds. The van der Waals surface area contributed by atoms with Crippen LogP contribution >= 0.6 is 11.3 Å². The van der Waals surface area contributed by atoms with Gasteiger partial charge < -0.3 is 9.88 Å². The van der Waals surface area contributed by atoms with Crippen LogP contribution in [0.4, 0.5) is 5.13 Å². The van der Waals surface area contributed by atoms with Crippen LogP contribution < -0.4 is 5.32 Å². The zero-order valence-electron chi connectivity index (χ0n) is 15.1. The topological polar surface area (TPSA) is 63.1 Å². The minimum atomic E-state index is 0.00244. The summed E-state index contributed by atoms with van der Waals surface area (Å²) in [6, 6.07) is 8.19. The molecule has 1 fully saturated rings. The molecule has 1 atom stereocenters. The number of nitrogens with one attached hydrogen (secondary N) is 1. The molecular weight excluding hydrogens is 346 g/mol. The number of likely N-dealkylation sites (tertiary alicyclic amines) is 1. The molecule has 0 unspecified atom stereocenters. The van der Waals surface area contributed by atoms with Gasteiger partial charge in [0.1, 0.15) is 5.82 Å². The Morgan fingerprint density at radius 3 is 2.96 bits per heavy atom. The fourth-order valence-electron chi connectivity index (χ4n) is 3.57. The van der Waals surface area contributed by atoms with Crippen molar-refractivity contribution in [3.05, 3.63) is 41.2 Å². The van der Waals surface area contributed by atoms with Crippen LogP contribution in [0.2, 0.25) is 0 Å². The first kappa shape index (κ1) is 17.2. The van der Waals surface area contributed by atoms with E-state index < -0.39 is 0 Å². The average molecular weight is 369 g/mol. The van der Waals surface area contributed by atoms with Crippen LogP contribution in [-0.4, -0.2) is 38.4 Å². The summed E-state index contributed by atoms with van der Waals surface area (Å²) >= 11 is 1.48. The van der Waals surface area contributed by atoms with Gasteiger partial charge in [-0.3, -0.25) is 9.69 Å². The quantitative estimate of drug-likeness (QED) is 0.767. The minimum Gasteiger partial charge on any atom is -0.330 e. The fourth-order valence-corrected chi connectivity index (χ4v) is 4.26. The van der Waals surface area contributed by atoms with E-state index in [1.54, 1.807) is 0 Å². The lowest BCUT2D eigenvalue weighted by atomic mass is 9.97. The maximum Gasteiger partial charge on any atom is 0.230 e. The summed E-state index contributed by atoms with van der Waals surface area (Å²) in [7, 11) is 2.06. The van der Waals surface area contributed by atoms with Gasteiger partial charge in [0.25, 0.3) is 0 Å². The van der Waals surface area contributed by atoms with Gasteiger partial charge in [0.05, 0.1) is 29.2 Å². The molecule has 3 aromatic rings. The number of thiazole rings is 1. The van der Waals surface area contributed by atoms with Crippen molar-refractivity contribution >= 4 is 33.4 Å². The Balaban J connectivity index is 1.43. The van der Waals surface area contributed by atoms with E-state index in [-0.39, 0.29) is 11.8 Å². The maximum absolute atomic E-state index is 12.6. The Bertz CT molecular complexity index is 931. The summed E-state index contributed by atoms with van der Waals surface area (Å²) in [6.45, 7) is 4.47. The highest BCUT2D eigenvalue weighted by atomic mass is 32.1. The second-order valence-electron chi connectivity index (χ2n) is 6.93. The van der Waals surface area contributed by atoms with E-state index in [0.717, 1.165) is 55.0 Å². The highest BCUT2D eigenvalue weighted by molar-refractivity contribution is 7.13. The Kier molecular flexibility index (Phi) is 4.74. The molecular formula is C19H23N5OS. The molecule has 7 heteroatoms. The second kappa shape index (κ2) is 7.17. The number of para-hydroxylation sites is 2. The smallest absolute Gasteiger partial charge is 0.230 e. The predicted molar refractivity (Wildman–Crippen MR) is 104 cm³/mol. The molecule has 2 aromatic heterocycles. The van der Waals surface area contributed by atoms with Gasteiger partial charge >= 0.3 is 0 Å². The minimum absolute atomic E-state index is 0.00244. The molecule has 1 aromatic carbocycles. The number of fused-ring (bicyclic) bond motifs is 1. The molecule has 0 bridgehead atoms. The highest BCUT2D eigenvalue weighted by Crippen LogP contribution is 2.23. The number of carbonyl (C=O) groups excluding carboxylic acids is 1. The SMILES string of the molecule is Cc1csc(NC(=O)[C@H]2CCCN(Cc3nc4ccccc4n3C)C2)n1. The van der Waals surface area contributed by atoms with Gasteiger partial charge in [0.15, 0.2) is 5.13 Å². The lowest BCUT2D eigenvalue weighted by molar-refractivity contribution is -0.121. The summed E-state index contributed by atoms with van der Waals surface area (Å²) in [5.41, 5.74) is 3.11. The average Bonchev–Trinajstić information content (AvgIpc) is 3.19. The van der Waals surface area contributed by atoms with Crippen molar-refractivity contribution < 1.29 is 4.79 Å². The van der Waals surface area contributed by atoms with E-state index in [1.807, 2.05) is 30.5 Å². The molecule has 1 aliphatic heterocycles. The fraction of sp³-hybridized carbons (Fsp3) is 0.421. The molecule has 0 aliphatic carbocycles. The van der Waals surface area contributed by atoms with Crippen LogP contribution in [0.25, 0.3) is 11.0 Å². The predicted octanol–water partition coefficient (Wildman–Crippen LogP) is 3.19. The van der Waals surface area contributed by atoms with E-state index >= 15 is 0 Å². The Hall–Kier alpha value is -2.25. The van der Waals surface area contributed by atoms with Crippen molar-refractivity contribution in [3.8, 4) is 0 Å². The molecule has 4 rings (SSSR count). The third-order valence-electron chi connectivity index (χ3n) is 4.97. The normalized spacial score (nSPS) is 18.3. The largest absolute Gasteiger partial charge is 0.330 e. The van der Waals surface area contributed by atoms with Crippen LogP contribution in [0.5, 0.6) is 0 Å². The lowest BCUT2D eigenvalue weighted by Crippen LogP contribution is -2.40. The van der Waals surface area contributed by atoms with Crippen LogP contribution in [0.3, 0.4) is 0 Å². The molecule has 26 heavy (non-hydrogen) atoms. The van der Waals surface area contributed by atoms with Gasteiger partial charge in [-0.2, -0.15) is 0 Å². The number of hydrogen-bond donors (Lipinski definition) is 1. The second-order valence-corrected chi connectivity index (χ2v) is 7.79. The number of amides is 1. The van der Waals surface area contributed by atoms with Crippen molar-refractivity contribution in [2.75, 3.05) is 18.4 Å². The molecule has 136 valence electrons. The summed E-state index contributed by atoms with van der Waals surface area (Å²) in [5.74, 6) is 1.12. The van der Waals surface area contributed by atoms with Gasteiger partial charge in [0, 0.05) is 19.0 Å². The number of aromatic nitrogens is 3. The van der Waals surface area contributed by atoms with E-state index in [1.165, 1.54) is 11.3 Å². The molecule has 3 heterocycles. The molecule has 1 aliphatic rings. The zero-order valence-corrected chi connectivity index (χ0v) is 15.9. The molecule has 1 saturated heterocycles. The summed E-state index contributed by atoms with van der Waals surface area (Å²) in [4.78, 5) is 24.0. The lowest BCUT2D eigenvalue weighted by Gasteiger charge is -2.31. The standard InChI is InChI=1S/C19H23N5OS/c1-13-12-26-19(20-13)22-18(25)14-6-5-9-24(10-14)11-17-21-15-7-3-4-8-16(15)23(17)2/h3-4,7-8,12,14H,5-6,9-11H2,1-2H3,(H,20,22,25)/t14-/m0/s1. The number of anilines is 1. The third kappa shape index (κ3) is 3.50. The Morgan fingerprint density at radius 2 is 2.19 bits per heavy atom. The van der Waals surface area contributed by atoms with E-state index in [4.69, 9.17) is 4.98 Å². The van der Waals surface area contributed by atoms with Gasteiger partial charge in [-0.25, -0.2) is 9.97 Å². The number of piperidine rings is 1. The number of nitrogens with zero attached hydrogens (tertiary/aromatic N) is 4. The maximum atomic E-state index is 12.6. The first-order chi connectivity index (χ1) is 12.6. The monoisotopic (exact) mass is 369 g/mol. The summed E-state index contributed by atoms with van der Waals surface area (Å²) < 4.78 is 2.15. The van der Waals surface area contributed by atoms with Crippen molar-refractivity contribution in [1.82, 2.24) is 19.4 Å². The number of aryl methyl sites for hydroxylation is 2. The van der Waals surface area contributed by atoms with E-state index in [9.17, 15) is 4.79 Å². The zero-order chi connectivity index (χ0) is 18.1. The van der Waals surface area contributed by atoms with Crippen molar-refractivity contribution in [2.24, 2.45) is 13.0 Å². The third-order valence-corrected chi connectivity index (χ3v) is 5.85. The first-order valence-electron chi connectivity index (χ1n) is 8.96. The van der Waals surface area contributed by atoms with Gasteiger partial charge in [-0.1, -0.05) is 12.1 Å². The van der Waals surface area contributed by atoms with Gasteiger partial charge in [0.2, 0.25) is 5.91 Å². The highest BCUT2D eigenvalue weighted by Gasteiger charge is 2.27. The Morgan fingerprint density at radius 1 is 1.35 bits per heavy atom. The molecule has 0 saturated carbocycles. The number of hydrogen-bond acceptors (Lipinski definition) is 5. The summed E-state index contributed by atoms with van der Waals surface area (Å²) in [6.07, 6.45) is 1.95. The molecule has 6 nitrogen and oxygen atoms in total. The molecule has 0 spiro atoms. The van der Waals surface area contributed by atoms with Crippen molar-refractivity contribution in [3.63, 3.8) is 0 Å². The van der Waals surface area contributed by atoms with Gasteiger partial charge in [-0.15, -0.1) is 11.3 Å². The van der Waals surface area contributed by atoms with Crippen LogP contribution in [0.15, 0.2) is 29.6 Å². The molecule has 0 radical (unpaired) electrons. The van der Waals surface area contributed by atoms with Crippen LogP contribution in [-0.2, 0) is 18.4 Å². The molecule has 1 N–H and O–H groups in total. The van der Waals surface area contributed by atoms with Crippen molar-refractivity contribution in [1.29, 1.82) is 0 Å². The first-order valence-corrected chi connectivity index (χ1v) is 9.84. The Labute approximate surface area is 156 Å². The van der Waals surface area contributed by atoms with Crippen LogP contribution in [0.1, 0.15) is 24.4 Å². The number of benzene rings is 1. The van der Waals surface area contributed by atoms with Crippen molar-refractivity contribution in [2.45, 2.75) is 26.3 Å². The van der Waals surface area contributed by atoms with Crippen LogP contribution in [0, 0.1) is 12.8 Å². The van der Waals surface area contributed by atoms with E-state index in [2.05, 4.69) is 32.9 Å². The number of rotatable bonds is 4. The number of imidazole rings is 1. The number of carbonyl (C=O) groups is 1. The summed E-state index contributed by atoms with van der Waals surface area (Å²) in [5, 5.41) is 5.62.